The Hall–Kier alpha value is -0.0800. The second-order valence-electron chi connectivity index (χ2n) is 4.83. The number of hydrogen-bond acceptors (Lipinski definition) is 2. The number of aliphatic hydroxyl groups excluding tert-OH is 1. The minimum absolute atomic E-state index is 0.169. The Morgan fingerprint density at radius 3 is 2.46 bits per heavy atom. The fraction of sp³-hybridized carbons (Fsp3) is 1.00. The van der Waals surface area contributed by atoms with Crippen molar-refractivity contribution in [2.24, 2.45) is 0 Å². The van der Waals surface area contributed by atoms with E-state index in [0.717, 1.165) is 13.0 Å². The number of likely N-dealkylation sites (tertiary alicyclic amines) is 1. The Balaban J connectivity index is 2.60. The summed E-state index contributed by atoms with van der Waals surface area (Å²) in [5.41, 5.74) is 0.287. The van der Waals surface area contributed by atoms with Crippen molar-refractivity contribution in [2.45, 2.75) is 64.6 Å². The molecule has 0 bridgehead atoms. The minimum atomic E-state index is -0.169. The fourth-order valence-electron chi connectivity index (χ4n) is 2.43. The van der Waals surface area contributed by atoms with E-state index >= 15 is 0 Å². The summed E-state index contributed by atoms with van der Waals surface area (Å²) in [5, 5.41) is 9.78. The number of rotatable bonds is 3. The molecule has 78 valence electrons. The molecule has 1 N–H and O–H groups in total. The molecule has 2 nitrogen and oxygen atoms in total. The van der Waals surface area contributed by atoms with E-state index in [-0.39, 0.29) is 11.6 Å². The normalized spacial score (nSPS) is 27.5. The van der Waals surface area contributed by atoms with Gasteiger partial charge in [0, 0.05) is 11.6 Å². The monoisotopic (exact) mass is 185 g/mol. The van der Waals surface area contributed by atoms with Crippen LogP contribution < -0.4 is 0 Å². The van der Waals surface area contributed by atoms with E-state index in [0.29, 0.717) is 6.04 Å². The maximum Gasteiger partial charge on any atom is 0.0690 e. The first kappa shape index (κ1) is 11.0. The van der Waals surface area contributed by atoms with Crippen molar-refractivity contribution in [3.63, 3.8) is 0 Å². The fourth-order valence-corrected chi connectivity index (χ4v) is 2.43. The quantitative estimate of drug-likeness (QED) is 0.727. The van der Waals surface area contributed by atoms with E-state index in [1.54, 1.807) is 0 Å². The van der Waals surface area contributed by atoms with Gasteiger partial charge in [-0.25, -0.2) is 0 Å². The Morgan fingerprint density at radius 2 is 2.08 bits per heavy atom. The number of hydrogen-bond donors (Lipinski definition) is 1. The lowest BCUT2D eigenvalue weighted by Crippen LogP contribution is -2.49. The molecule has 1 fully saturated rings. The number of aliphatic hydroxyl groups is 1. The molecule has 13 heavy (non-hydrogen) atoms. The van der Waals surface area contributed by atoms with Crippen LogP contribution in [0.2, 0.25) is 0 Å². The van der Waals surface area contributed by atoms with Crippen LogP contribution in [0.3, 0.4) is 0 Å². The predicted molar refractivity (Wildman–Crippen MR) is 55.8 cm³/mol. The topological polar surface area (TPSA) is 23.5 Å². The third kappa shape index (κ3) is 2.23. The van der Waals surface area contributed by atoms with Crippen molar-refractivity contribution >= 4 is 0 Å². The molecule has 0 aliphatic carbocycles. The van der Waals surface area contributed by atoms with Crippen molar-refractivity contribution in [3.05, 3.63) is 0 Å². The van der Waals surface area contributed by atoms with E-state index in [2.05, 4.69) is 25.7 Å². The van der Waals surface area contributed by atoms with Gasteiger partial charge in [0.2, 0.25) is 0 Å². The maximum absolute atomic E-state index is 9.78. The zero-order valence-electron chi connectivity index (χ0n) is 9.38. The summed E-state index contributed by atoms with van der Waals surface area (Å²) in [6, 6.07) is 0.308. The molecule has 2 heteroatoms. The molecule has 2 atom stereocenters. The molecule has 1 rings (SSSR count). The van der Waals surface area contributed by atoms with Gasteiger partial charge in [0.25, 0.3) is 0 Å². The molecular formula is C11H23NO. The molecule has 1 heterocycles. The second kappa shape index (κ2) is 3.97. The van der Waals surface area contributed by atoms with Crippen LogP contribution in [0.1, 0.15) is 47.0 Å². The summed E-state index contributed by atoms with van der Waals surface area (Å²) < 4.78 is 0. The van der Waals surface area contributed by atoms with Crippen LogP contribution in [0.5, 0.6) is 0 Å². The lowest BCUT2D eigenvalue weighted by Gasteiger charge is -2.38. The smallest absolute Gasteiger partial charge is 0.0690 e. The minimum Gasteiger partial charge on any atom is -0.392 e. The number of nitrogens with zero attached hydrogens (tertiary/aromatic N) is 1. The Morgan fingerprint density at radius 1 is 1.46 bits per heavy atom. The van der Waals surface area contributed by atoms with Crippen LogP contribution in [-0.2, 0) is 0 Å². The maximum atomic E-state index is 9.78. The zero-order chi connectivity index (χ0) is 10.1. The van der Waals surface area contributed by atoms with Gasteiger partial charge in [-0.15, -0.1) is 0 Å². The molecule has 0 radical (unpaired) electrons. The van der Waals surface area contributed by atoms with Crippen LogP contribution in [0.15, 0.2) is 0 Å². The lowest BCUT2D eigenvalue weighted by atomic mass is 9.99. The highest BCUT2D eigenvalue weighted by Crippen LogP contribution is 2.31. The predicted octanol–water partition coefficient (Wildman–Crippen LogP) is 2.02. The Kier molecular flexibility index (Phi) is 3.36. The van der Waals surface area contributed by atoms with E-state index in [4.69, 9.17) is 0 Å². The van der Waals surface area contributed by atoms with Crippen LogP contribution >= 0.6 is 0 Å². The van der Waals surface area contributed by atoms with Gasteiger partial charge in [0.05, 0.1) is 6.10 Å². The summed E-state index contributed by atoms with van der Waals surface area (Å²) in [4.78, 5) is 2.45. The van der Waals surface area contributed by atoms with Crippen LogP contribution in [-0.4, -0.2) is 34.2 Å². The van der Waals surface area contributed by atoms with E-state index in [1.807, 2.05) is 6.92 Å². The Labute approximate surface area is 81.9 Å². The average molecular weight is 185 g/mol. The third-order valence-electron chi connectivity index (χ3n) is 3.43. The molecule has 0 spiro atoms. The van der Waals surface area contributed by atoms with Gasteiger partial charge >= 0.3 is 0 Å². The second-order valence-corrected chi connectivity index (χ2v) is 4.83. The van der Waals surface area contributed by atoms with E-state index < -0.39 is 0 Å². The van der Waals surface area contributed by atoms with Crippen LogP contribution in [0.25, 0.3) is 0 Å². The Bertz CT molecular complexity index is 167. The van der Waals surface area contributed by atoms with Crippen molar-refractivity contribution in [3.8, 4) is 0 Å². The van der Waals surface area contributed by atoms with E-state index in [9.17, 15) is 5.11 Å². The van der Waals surface area contributed by atoms with Crippen LogP contribution in [0, 0.1) is 0 Å². The van der Waals surface area contributed by atoms with Gasteiger partial charge in [-0.1, -0.05) is 6.92 Å². The van der Waals surface area contributed by atoms with Crippen molar-refractivity contribution < 1.29 is 5.11 Å². The summed E-state index contributed by atoms with van der Waals surface area (Å²) in [7, 11) is 0. The first-order chi connectivity index (χ1) is 5.99. The molecule has 0 saturated carbocycles. The third-order valence-corrected chi connectivity index (χ3v) is 3.43. The zero-order valence-corrected chi connectivity index (χ0v) is 9.38. The highest BCUT2D eigenvalue weighted by molar-refractivity contribution is 4.92. The summed E-state index contributed by atoms with van der Waals surface area (Å²) in [5.74, 6) is 0. The molecule has 1 saturated heterocycles. The van der Waals surface area contributed by atoms with E-state index in [1.165, 1.54) is 12.8 Å². The summed E-state index contributed by atoms with van der Waals surface area (Å²) >= 11 is 0. The van der Waals surface area contributed by atoms with Gasteiger partial charge in [-0.3, -0.25) is 4.90 Å². The first-order valence-electron chi connectivity index (χ1n) is 5.44. The van der Waals surface area contributed by atoms with Gasteiger partial charge in [-0.05, 0) is 46.6 Å². The molecule has 0 aromatic carbocycles. The van der Waals surface area contributed by atoms with Crippen molar-refractivity contribution in [2.75, 3.05) is 6.54 Å². The molecule has 1 aliphatic heterocycles. The first-order valence-corrected chi connectivity index (χ1v) is 5.44. The van der Waals surface area contributed by atoms with Gasteiger partial charge in [0.15, 0.2) is 0 Å². The highest BCUT2D eigenvalue weighted by atomic mass is 16.3. The summed E-state index contributed by atoms with van der Waals surface area (Å²) in [6.45, 7) is 9.88. The van der Waals surface area contributed by atoms with Crippen molar-refractivity contribution in [1.82, 2.24) is 4.90 Å². The van der Waals surface area contributed by atoms with Gasteiger partial charge in [-0.2, -0.15) is 0 Å². The van der Waals surface area contributed by atoms with Crippen LogP contribution in [0.4, 0.5) is 0 Å². The molecule has 0 aromatic heterocycles. The standard InChI is InChI=1S/C11H23NO/c1-5-10(13)9(2)12-8-6-7-11(12,3)4/h9-10,13H,5-8H2,1-4H3. The molecule has 1 aliphatic rings. The lowest BCUT2D eigenvalue weighted by molar-refractivity contribution is 0.0232. The molecular weight excluding hydrogens is 162 g/mol. The molecule has 2 unspecified atom stereocenters. The average Bonchev–Trinajstić information content (AvgIpc) is 2.42. The molecule has 0 aromatic rings. The SMILES string of the molecule is CCC(O)C(C)N1CCCC1(C)C. The molecule has 0 amide bonds. The largest absolute Gasteiger partial charge is 0.392 e. The van der Waals surface area contributed by atoms with Gasteiger partial charge in [0.1, 0.15) is 0 Å². The highest BCUT2D eigenvalue weighted by Gasteiger charge is 2.36. The summed E-state index contributed by atoms with van der Waals surface area (Å²) in [6.07, 6.45) is 3.22. The van der Waals surface area contributed by atoms with Crippen molar-refractivity contribution in [1.29, 1.82) is 0 Å². The van der Waals surface area contributed by atoms with Gasteiger partial charge < -0.3 is 5.11 Å².